The maximum atomic E-state index is 12.9. The molecule has 0 amide bonds. The standard InChI is InChI=1S/C8H5F3INO2/c9-7(10)3-1-4(12)8(11)13-5(3)2-6(14)15/h1,7H,2H2,(H,14,15). The molecule has 3 nitrogen and oxygen atoms in total. The van der Waals surface area contributed by atoms with Gasteiger partial charge in [-0.05, 0) is 28.7 Å². The van der Waals surface area contributed by atoms with E-state index in [9.17, 15) is 18.0 Å². The van der Waals surface area contributed by atoms with Crippen molar-refractivity contribution in [3.63, 3.8) is 0 Å². The Labute approximate surface area is 96.5 Å². The van der Waals surface area contributed by atoms with Crippen LogP contribution in [0.15, 0.2) is 6.07 Å². The summed E-state index contributed by atoms with van der Waals surface area (Å²) >= 11 is 1.52. The average Bonchev–Trinajstić information content (AvgIpc) is 2.09. The zero-order valence-corrected chi connectivity index (χ0v) is 9.33. The number of halogens is 4. The number of hydrogen-bond acceptors (Lipinski definition) is 2. The third-order valence-corrected chi connectivity index (χ3v) is 2.36. The molecule has 0 spiro atoms. The predicted molar refractivity (Wildman–Crippen MR) is 53.2 cm³/mol. The van der Waals surface area contributed by atoms with Crippen LogP contribution in [0.2, 0.25) is 0 Å². The highest BCUT2D eigenvalue weighted by molar-refractivity contribution is 14.1. The van der Waals surface area contributed by atoms with E-state index < -0.39 is 36.0 Å². The summed E-state index contributed by atoms with van der Waals surface area (Å²) in [5.74, 6) is -2.26. The van der Waals surface area contributed by atoms with Gasteiger partial charge in [0.2, 0.25) is 5.95 Å². The number of hydrogen-bond donors (Lipinski definition) is 1. The highest BCUT2D eigenvalue weighted by Gasteiger charge is 2.19. The van der Waals surface area contributed by atoms with Gasteiger partial charge in [0.25, 0.3) is 6.43 Å². The Kier molecular flexibility index (Phi) is 3.89. The molecule has 0 saturated heterocycles. The van der Waals surface area contributed by atoms with Gasteiger partial charge in [-0.3, -0.25) is 4.79 Å². The largest absolute Gasteiger partial charge is 0.481 e. The quantitative estimate of drug-likeness (QED) is 0.684. The second-order valence-electron chi connectivity index (χ2n) is 2.67. The van der Waals surface area contributed by atoms with E-state index in [-0.39, 0.29) is 3.57 Å². The Morgan fingerprint density at radius 3 is 2.67 bits per heavy atom. The van der Waals surface area contributed by atoms with E-state index in [0.29, 0.717) is 0 Å². The van der Waals surface area contributed by atoms with Crippen molar-refractivity contribution in [1.82, 2.24) is 4.98 Å². The molecule has 0 bridgehead atoms. The number of carboxylic acid groups (broad SMARTS) is 1. The van der Waals surface area contributed by atoms with Gasteiger partial charge in [0.05, 0.1) is 15.7 Å². The maximum absolute atomic E-state index is 12.9. The summed E-state index contributed by atoms with van der Waals surface area (Å²) in [6.07, 6.45) is -3.57. The second kappa shape index (κ2) is 4.77. The van der Waals surface area contributed by atoms with E-state index in [2.05, 4.69) is 4.98 Å². The number of aromatic nitrogens is 1. The van der Waals surface area contributed by atoms with E-state index in [1.807, 2.05) is 0 Å². The minimum atomic E-state index is -2.86. The fourth-order valence-corrected chi connectivity index (χ4v) is 1.45. The van der Waals surface area contributed by atoms with Crippen molar-refractivity contribution in [3.8, 4) is 0 Å². The van der Waals surface area contributed by atoms with Crippen LogP contribution >= 0.6 is 22.6 Å². The van der Waals surface area contributed by atoms with Gasteiger partial charge < -0.3 is 5.11 Å². The highest BCUT2D eigenvalue weighted by atomic mass is 127. The van der Waals surface area contributed by atoms with Crippen LogP contribution in [0.1, 0.15) is 17.7 Å². The van der Waals surface area contributed by atoms with Gasteiger partial charge in [-0.15, -0.1) is 0 Å². The number of nitrogens with zero attached hydrogens (tertiary/aromatic N) is 1. The van der Waals surface area contributed by atoms with Crippen molar-refractivity contribution in [2.45, 2.75) is 12.8 Å². The molecule has 0 aliphatic rings. The lowest BCUT2D eigenvalue weighted by atomic mass is 10.1. The molecule has 0 aromatic carbocycles. The molecule has 0 saturated carbocycles. The minimum Gasteiger partial charge on any atom is -0.481 e. The third-order valence-electron chi connectivity index (χ3n) is 1.60. The Morgan fingerprint density at radius 1 is 1.60 bits per heavy atom. The van der Waals surface area contributed by atoms with Crippen LogP contribution in [0, 0.1) is 9.52 Å². The molecule has 0 atom stereocenters. The topological polar surface area (TPSA) is 50.2 Å². The Morgan fingerprint density at radius 2 is 2.20 bits per heavy atom. The van der Waals surface area contributed by atoms with Crippen LogP contribution in [0.3, 0.4) is 0 Å². The average molecular weight is 331 g/mol. The highest BCUT2D eigenvalue weighted by Crippen LogP contribution is 2.25. The summed E-state index contributed by atoms with van der Waals surface area (Å²) in [5.41, 5.74) is -0.974. The van der Waals surface area contributed by atoms with Gasteiger partial charge in [0.1, 0.15) is 0 Å². The van der Waals surface area contributed by atoms with Gasteiger partial charge in [0, 0.05) is 5.56 Å². The predicted octanol–water partition coefficient (Wildman–Crippen LogP) is 2.39. The molecule has 1 aromatic rings. The van der Waals surface area contributed by atoms with Crippen molar-refractivity contribution in [2.24, 2.45) is 0 Å². The molecule has 1 N–H and O–H groups in total. The zero-order valence-electron chi connectivity index (χ0n) is 7.18. The van der Waals surface area contributed by atoms with Crippen LogP contribution in [0.4, 0.5) is 13.2 Å². The van der Waals surface area contributed by atoms with Gasteiger partial charge in [-0.25, -0.2) is 13.8 Å². The van der Waals surface area contributed by atoms with Crippen molar-refractivity contribution in [3.05, 3.63) is 26.8 Å². The molecular formula is C8H5F3INO2. The molecule has 1 rings (SSSR count). The Bertz CT molecular complexity index is 398. The fourth-order valence-electron chi connectivity index (χ4n) is 0.990. The Hall–Kier alpha value is -0.860. The van der Waals surface area contributed by atoms with Crippen LogP contribution in [-0.4, -0.2) is 16.1 Å². The third kappa shape index (κ3) is 3.05. The lowest BCUT2D eigenvalue weighted by Gasteiger charge is -2.07. The van der Waals surface area contributed by atoms with Crippen LogP contribution in [0.25, 0.3) is 0 Å². The number of carboxylic acids is 1. The molecule has 0 radical (unpaired) electrons. The first-order chi connectivity index (χ1) is 6.91. The molecule has 0 aliphatic heterocycles. The van der Waals surface area contributed by atoms with Crippen molar-refractivity contribution >= 4 is 28.6 Å². The summed E-state index contributed by atoms with van der Waals surface area (Å²) < 4.78 is 37.7. The summed E-state index contributed by atoms with van der Waals surface area (Å²) in [4.78, 5) is 13.5. The van der Waals surface area contributed by atoms with Gasteiger partial charge in [-0.2, -0.15) is 4.39 Å². The molecule has 1 heterocycles. The molecular weight excluding hydrogens is 326 g/mol. The molecule has 15 heavy (non-hydrogen) atoms. The number of alkyl halides is 2. The monoisotopic (exact) mass is 331 g/mol. The van der Waals surface area contributed by atoms with Crippen LogP contribution in [0.5, 0.6) is 0 Å². The van der Waals surface area contributed by atoms with Gasteiger partial charge in [0.15, 0.2) is 0 Å². The molecule has 0 aliphatic carbocycles. The van der Waals surface area contributed by atoms with E-state index in [4.69, 9.17) is 5.11 Å². The first-order valence-electron chi connectivity index (χ1n) is 3.76. The summed E-state index contributed by atoms with van der Waals surface area (Å²) in [6, 6.07) is 0.909. The first-order valence-corrected chi connectivity index (χ1v) is 4.84. The SMILES string of the molecule is O=C(O)Cc1nc(F)c(I)cc1C(F)F. The maximum Gasteiger partial charge on any atom is 0.309 e. The molecule has 0 fully saturated rings. The summed E-state index contributed by atoms with van der Waals surface area (Å²) in [7, 11) is 0. The fraction of sp³-hybridized carbons (Fsp3) is 0.250. The summed E-state index contributed by atoms with van der Waals surface area (Å²) in [6.45, 7) is 0. The molecule has 82 valence electrons. The normalized spacial score (nSPS) is 10.7. The number of rotatable bonds is 3. The van der Waals surface area contributed by atoms with Crippen molar-refractivity contribution in [2.75, 3.05) is 0 Å². The minimum absolute atomic E-state index is 0.0583. The van der Waals surface area contributed by atoms with E-state index in [1.165, 1.54) is 22.6 Å². The lowest BCUT2D eigenvalue weighted by molar-refractivity contribution is -0.136. The van der Waals surface area contributed by atoms with Crippen LogP contribution in [-0.2, 0) is 11.2 Å². The van der Waals surface area contributed by atoms with E-state index >= 15 is 0 Å². The van der Waals surface area contributed by atoms with Crippen molar-refractivity contribution in [1.29, 1.82) is 0 Å². The number of aliphatic carboxylic acids is 1. The van der Waals surface area contributed by atoms with Gasteiger partial charge >= 0.3 is 5.97 Å². The number of pyridine rings is 1. The molecule has 7 heteroatoms. The Balaban J connectivity index is 3.21. The zero-order chi connectivity index (χ0) is 11.6. The molecule has 1 aromatic heterocycles. The van der Waals surface area contributed by atoms with E-state index in [1.54, 1.807) is 0 Å². The van der Waals surface area contributed by atoms with Gasteiger partial charge in [-0.1, -0.05) is 0 Å². The van der Waals surface area contributed by atoms with Crippen molar-refractivity contribution < 1.29 is 23.1 Å². The molecule has 0 unspecified atom stereocenters. The summed E-state index contributed by atoms with van der Waals surface area (Å²) in [5, 5.41) is 8.42. The number of carbonyl (C=O) groups is 1. The van der Waals surface area contributed by atoms with Crippen LogP contribution < -0.4 is 0 Å². The second-order valence-corrected chi connectivity index (χ2v) is 3.83. The first kappa shape index (κ1) is 12.2. The smallest absolute Gasteiger partial charge is 0.309 e. The lowest BCUT2D eigenvalue weighted by Crippen LogP contribution is -2.09. The van der Waals surface area contributed by atoms with E-state index in [0.717, 1.165) is 6.07 Å².